The first-order valence-corrected chi connectivity index (χ1v) is 6.63. The standard InChI is InChI=1S/C15H16ClFN2O/c1-9-12(16)18-14(15(2,3)4)19-13(9)20-11-7-5-6-10(17)8-11/h5-8H,1-4H3. The Morgan fingerprint density at radius 1 is 1.20 bits per heavy atom. The predicted octanol–water partition coefficient (Wildman–Crippen LogP) is 4.67. The van der Waals surface area contributed by atoms with Crippen molar-refractivity contribution in [2.24, 2.45) is 0 Å². The van der Waals surface area contributed by atoms with Crippen LogP contribution in [-0.2, 0) is 5.41 Å². The molecule has 0 unspecified atom stereocenters. The Bertz CT molecular complexity index is 638. The van der Waals surface area contributed by atoms with Crippen LogP contribution in [-0.4, -0.2) is 9.97 Å². The zero-order valence-electron chi connectivity index (χ0n) is 11.9. The second-order valence-corrected chi connectivity index (χ2v) is 5.94. The molecule has 2 aromatic rings. The lowest BCUT2D eigenvalue weighted by Crippen LogP contribution is -2.17. The predicted molar refractivity (Wildman–Crippen MR) is 77.0 cm³/mol. The van der Waals surface area contributed by atoms with E-state index in [9.17, 15) is 4.39 Å². The molecular formula is C15H16ClFN2O. The van der Waals surface area contributed by atoms with Crippen LogP contribution < -0.4 is 4.74 Å². The quantitative estimate of drug-likeness (QED) is 0.755. The summed E-state index contributed by atoms with van der Waals surface area (Å²) >= 11 is 6.12. The molecule has 0 saturated heterocycles. The zero-order chi connectivity index (χ0) is 14.9. The Labute approximate surface area is 122 Å². The molecule has 0 fully saturated rings. The number of aromatic nitrogens is 2. The maximum Gasteiger partial charge on any atom is 0.227 e. The van der Waals surface area contributed by atoms with Crippen molar-refractivity contribution < 1.29 is 9.13 Å². The summed E-state index contributed by atoms with van der Waals surface area (Å²) < 4.78 is 18.8. The maximum atomic E-state index is 13.2. The fourth-order valence-electron chi connectivity index (χ4n) is 1.55. The van der Waals surface area contributed by atoms with Crippen LogP contribution in [0.3, 0.4) is 0 Å². The number of halogens is 2. The van der Waals surface area contributed by atoms with Crippen molar-refractivity contribution in [2.75, 3.05) is 0 Å². The summed E-state index contributed by atoms with van der Waals surface area (Å²) in [6.45, 7) is 7.73. The molecular weight excluding hydrogens is 279 g/mol. The van der Waals surface area contributed by atoms with Gasteiger partial charge in [0.25, 0.3) is 0 Å². The molecule has 0 saturated carbocycles. The van der Waals surface area contributed by atoms with Crippen LogP contribution in [0.15, 0.2) is 24.3 Å². The second kappa shape index (κ2) is 5.37. The van der Waals surface area contributed by atoms with Gasteiger partial charge in [-0.1, -0.05) is 38.4 Å². The third-order valence-electron chi connectivity index (χ3n) is 2.72. The molecule has 0 aliphatic rings. The maximum absolute atomic E-state index is 13.2. The number of ether oxygens (including phenoxy) is 1. The number of nitrogens with zero attached hydrogens (tertiary/aromatic N) is 2. The zero-order valence-corrected chi connectivity index (χ0v) is 12.6. The van der Waals surface area contributed by atoms with Crippen molar-refractivity contribution in [3.63, 3.8) is 0 Å². The van der Waals surface area contributed by atoms with Gasteiger partial charge in [-0.15, -0.1) is 0 Å². The highest BCUT2D eigenvalue weighted by Gasteiger charge is 2.21. The first-order valence-electron chi connectivity index (χ1n) is 6.25. The number of hydrogen-bond donors (Lipinski definition) is 0. The van der Waals surface area contributed by atoms with E-state index in [0.29, 0.717) is 28.2 Å². The summed E-state index contributed by atoms with van der Waals surface area (Å²) in [6.07, 6.45) is 0. The molecule has 3 nitrogen and oxygen atoms in total. The molecule has 1 aromatic heterocycles. The van der Waals surface area contributed by atoms with Gasteiger partial charge in [-0.2, -0.15) is 4.98 Å². The fraction of sp³-hybridized carbons (Fsp3) is 0.333. The van der Waals surface area contributed by atoms with Crippen molar-refractivity contribution in [3.05, 3.63) is 46.6 Å². The Morgan fingerprint density at radius 2 is 1.90 bits per heavy atom. The van der Waals surface area contributed by atoms with Gasteiger partial charge >= 0.3 is 0 Å². The van der Waals surface area contributed by atoms with E-state index in [2.05, 4.69) is 9.97 Å². The van der Waals surface area contributed by atoms with Gasteiger partial charge in [0.15, 0.2) is 0 Å². The van der Waals surface area contributed by atoms with Gasteiger partial charge in [0.2, 0.25) is 5.88 Å². The summed E-state index contributed by atoms with van der Waals surface area (Å²) in [4.78, 5) is 8.65. The fourth-order valence-corrected chi connectivity index (χ4v) is 1.71. The van der Waals surface area contributed by atoms with Crippen LogP contribution in [0.2, 0.25) is 5.15 Å². The van der Waals surface area contributed by atoms with E-state index < -0.39 is 0 Å². The molecule has 5 heteroatoms. The van der Waals surface area contributed by atoms with Gasteiger partial charge in [0.05, 0.1) is 0 Å². The average molecular weight is 295 g/mol. The largest absolute Gasteiger partial charge is 0.438 e. The summed E-state index contributed by atoms with van der Waals surface area (Å²) in [7, 11) is 0. The minimum Gasteiger partial charge on any atom is -0.438 e. The van der Waals surface area contributed by atoms with Crippen LogP contribution in [0.1, 0.15) is 32.2 Å². The molecule has 0 radical (unpaired) electrons. The van der Waals surface area contributed by atoms with E-state index in [4.69, 9.17) is 16.3 Å². The van der Waals surface area contributed by atoms with Gasteiger partial charge < -0.3 is 4.74 Å². The van der Waals surface area contributed by atoms with Crippen LogP contribution in [0.25, 0.3) is 0 Å². The highest BCUT2D eigenvalue weighted by Crippen LogP contribution is 2.30. The topological polar surface area (TPSA) is 35.0 Å². The van der Waals surface area contributed by atoms with E-state index in [1.54, 1.807) is 19.1 Å². The minimum atomic E-state index is -0.364. The molecule has 1 heterocycles. The highest BCUT2D eigenvalue weighted by atomic mass is 35.5. The molecule has 0 N–H and O–H groups in total. The van der Waals surface area contributed by atoms with Crippen LogP contribution in [0, 0.1) is 12.7 Å². The summed E-state index contributed by atoms with van der Waals surface area (Å²) in [5.74, 6) is 0.944. The van der Waals surface area contributed by atoms with Crippen molar-refractivity contribution in [2.45, 2.75) is 33.1 Å². The van der Waals surface area contributed by atoms with Crippen molar-refractivity contribution >= 4 is 11.6 Å². The minimum absolute atomic E-state index is 0.253. The third-order valence-corrected chi connectivity index (χ3v) is 3.09. The number of benzene rings is 1. The van der Waals surface area contributed by atoms with Gasteiger partial charge in [-0.25, -0.2) is 9.37 Å². The van der Waals surface area contributed by atoms with E-state index in [1.165, 1.54) is 12.1 Å². The third kappa shape index (κ3) is 3.25. The first kappa shape index (κ1) is 14.7. The molecule has 106 valence electrons. The van der Waals surface area contributed by atoms with Gasteiger partial charge in [0.1, 0.15) is 22.5 Å². The Hall–Kier alpha value is -1.68. The molecule has 2 rings (SSSR count). The molecule has 1 aromatic carbocycles. The number of rotatable bonds is 2. The molecule has 0 atom stereocenters. The van der Waals surface area contributed by atoms with E-state index in [1.807, 2.05) is 20.8 Å². The van der Waals surface area contributed by atoms with Gasteiger partial charge in [0, 0.05) is 17.0 Å². The van der Waals surface area contributed by atoms with Crippen molar-refractivity contribution in [1.29, 1.82) is 0 Å². The number of hydrogen-bond acceptors (Lipinski definition) is 3. The highest BCUT2D eigenvalue weighted by molar-refractivity contribution is 6.30. The summed E-state index contributed by atoms with van der Waals surface area (Å²) in [5, 5.41) is 0.344. The smallest absolute Gasteiger partial charge is 0.227 e. The van der Waals surface area contributed by atoms with Gasteiger partial charge in [-0.05, 0) is 19.1 Å². The van der Waals surface area contributed by atoms with E-state index >= 15 is 0 Å². The Kier molecular flexibility index (Phi) is 3.95. The lowest BCUT2D eigenvalue weighted by Gasteiger charge is -2.18. The normalized spacial score (nSPS) is 11.5. The lowest BCUT2D eigenvalue weighted by atomic mass is 9.96. The molecule has 0 aliphatic heterocycles. The molecule has 0 spiro atoms. The van der Waals surface area contributed by atoms with Crippen LogP contribution in [0.5, 0.6) is 11.6 Å². The Morgan fingerprint density at radius 3 is 2.50 bits per heavy atom. The summed E-state index contributed by atoms with van der Waals surface area (Å²) in [6, 6.07) is 5.89. The van der Waals surface area contributed by atoms with Crippen LogP contribution in [0.4, 0.5) is 4.39 Å². The van der Waals surface area contributed by atoms with Crippen LogP contribution >= 0.6 is 11.6 Å². The molecule has 0 amide bonds. The van der Waals surface area contributed by atoms with E-state index in [0.717, 1.165) is 0 Å². The molecule has 0 aliphatic carbocycles. The second-order valence-electron chi connectivity index (χ2n) is 5.58. The monoisotopic (exact) mass is 294 g/mol. The molecule has 20 heavy (non-hydrogen) atoms. The average Bonchev–Trinajstić information content (AvgIpc) is 2.33. The van der Waals surface area contributed by atoms with Crippen molar-refractivity contribution in [1.82, 2.24) is 9.97 Å². The van der Waals surface area contributed by atoms with Crippen molar-refractivity contribution in [3.8, 4) is 11.6 Å². The Balaban J connectivity index is 2.43. The molecule has 0 bridgehead atoms. The van der Waals surface area contributed by atoms with Gasteiger partial charge in [-0.3, -0.25) is 0 Å². The van der Waals surface area contributed by atoms with E-state index in [-0.39, 0.29) is 11.2 Å². The summed E-state index contributed by atoms with van der Waals surface area (Å²) in [5.41, 5.74) is 0.376. The first-order chi connectivity index (χ1) is 9.27. The SMILES string of the molecule is Cc1c(Cl)nc(C(C)(C)C)nc1Oc1cccc(F)c1. The lowest BCUT2D eigenvalue weighted by molar-refractivity contribution is 0.438.